The maximum atomic E-state index is 14.5. The lowest BCUT2D eigenvalue weighted by molar-refractivity contribution is 0.142. The van der Waals surface area contributed by atoms with Crippen molar-refractivity contribution in [1.82, 2.24) is 14.5 Å². The van der Waals surface area contributed by atoms with Crippen LogP contribution >= 0.6 is 0 Å². The number of nitrogens with zero attached hydrogens (tertiary/aromatic N) is 4. The van der Waals surface area contributed by atoms with Crippen LogP contribution in [-0.4, -0.2) is 51.8 Å². The smallest absolute Gasteiger partial charge is 0.407 e. The molecule has 1 saturated heterocycles. The molecule has 26 heavy (non-hydrogen) atoms. The minimum absolute atomic E-state index is 0.323. The number of aromatic nitrogens is 2. The van der Waals surface area contributed by atoms with Crippen molar-refractivity contribution in [1.29, 1.82) is 0 Å². The van der Waals surface area contributed by atoms with E-state index in [9.17, 15) is 9.18 Å². The van der Waals surface area contributed by atoms with Crippen molar-refractivity contribution in [2.75, 3.05) is 31.1 Å². The highest BCUT2D eigenvalue weighted by atomic mass is 19.1. The monoisotopic (exact) mass is 354 g/mol. The SMILES string of the molecule is Cn1c(-c2cc(N3CCN(C(=O)O)CC3)ccc2F)nc2ccccc21. The second-order valence-electron chi connectivity index (χ2n) is 6.40. The van der Waals surface area contributed by atoms with E-state index in [4.69, 9.17) is 5.11 Å². The summed E-state index contributed by atoms with van der Waals surface area (Å²) in [5.41, 5.74) is 3.09. The van der Waals surface area contributed by atoms with E-state index in [1.807, 2.05) is 35.9 Å². The molecule has 3 aromatic rings. The Balaban J connectivity index is 1.69. The van der Waals surface area contributed by atoms with Crippen molar-refractivity contribution in [3.8, 4) is 11.4 Å². The molecule has 0 aliphatic carbocycles. The van der Waals surface area contributed by atoms with Crippen molar-refractivity contribution < 1.29 is 14.3 Å². The van der Waals surface area contributed by atoms with Crippen molar-refractivity contribution >= 4 is 22.8 Å². The standard InChI is InChI=1S/C19H19FN4O2/c1-22-17-5-3-2-4-16(17)21-18(22)14-12-13(6-7-15(14)20)23-8-10-24(11-9-23)19(25)26/h2-7,12H,8-11H2,1H3,(H,25,26). The highest BCUT2D eigenvalue weighted by Gasteiger charge is 2.22. The van der Waals surface area contributed by atoms with Gasteiger partial charge in [0.25, 0.3) is 0 Å². The van der Waals surface area contributed by atoms with E-state index in [-0.39, 0.29) is 5.82 Å². The van der Waals surface area contributed by atoms with Gasteiger partial charge < -0.3 is 19.5 Å². The first kappa shape index (κ1) is 16.4. The van der Waals surface area contributed by atoms with Gasteiger partial charge in [-0.05, 0) is 30.3 Å². The van der Waals surface area contributed by atoms with Crippen LogP contribution in [0.2, 0.25) is 0 Å². The number of piperazine rings is 1. The van der Waals surface area contributed by atoms with Crippen LogP contribution in [0.15, 0.2) is 42.5 Å². The first-order valence-electron chi connectivity index (χ1n) is 8.49. The van der Waals surface area contributed by atoms with Crippen LogP contribution in [0.3, 0.4) is 0 Å². The Morgan fingerprint density at radius 3 is 2.54 bits per heavy atom. The number of aryl methyl sites for hydroxylation is 1. The van der Waals surface area contributed by atoms with E-state index in [0.717, 1.165) is 16.7 Å². The topological polar surface area (TPSA) is 61.6 Å². The summed E-state index contributed by atoms with van der Waals surface area (Å²) >= 11 is 0. The normalized spacial score (nSPS) is 14.8. The van der Waals surface area contributed by atoms with Crippen molar-refractivity contribution in [3.05, 3.63) is 48.3 Å². The molecular formula is C19H19FN4O2. The van der Waals surface area contributed by atoms with Gasteiger partial charge in [-0.2, -0.15) is 0 Å². The van der Waals surface area contributed by atoms with E-state index >= 15 is 0 Å². The Kier molecular flexibility index (Phi) is 3.99. The van der Waals surface area contributed by atoms with Crippen molar-refractivity contribution in [3.63, 3.8) is 0 Å². The van der Waals surface area contributed by atoms with Crippen LogP contribution in [0.25, 0.3) is 22.4 Å². The van der Waals surface area contributed by atoms with Crippen LogP contribution in [0, 0.1) is 5.82 Å². The third kappa shape index (κ3) is 2.75. The molecule has 134 valence electrons. The molecule has 0 unspecified atom stereocenters. The zero-order chi connectivity index (χ0) is 18.3. The van der Waals surface area contributed by atoms with Crippen LogP contribution in [0.5, 0.6) is 0 Å². The molecular weight excluding hydrogens is 335 g/mol. The average molecular weight is 354 g/mol. The quantitative estimate of drug-likeness (QED) is 0.768. The lowest BCUT2D eigenvalue weighted by Crippen LogP contribution is -2.48. The summed E-state index contributed by atoms with van der Waals surface area (Å²) < 4.78 is 16.4. The van der Waals surface area contributed by atoms with Gasteiger partial charge >= 0.3 is 6.09 Å². The predicted molar refractivity (Wildman–Crippen MR) is 97.9 cm³/mol. The molecule has 1 aliphatic rings. The maximum Gasteiger partial charge on any atom is 0.407 e. The molecule has 1 aromatic heterocycles. The molecule has 1 fully saturated rings. The number of para-hydroxylation sites is 2. The largest absolute Gasteiger partial charge is 0.465 e. The first-order valence-corrected chi connectivity index (χ1v) is 8.49. The molecule has 1 N–H and O–H groups in total. The number of benzene rings is 2. The number of amides is 1. The number of hydrogen-bond acceptors (Lipinski definition) is 3. The summed E-state index contributed by atoms with van der Waals surface area (Å²) in [5.74, 6) is 0.256. The summed E-state index contributed by atoms with van der Waals surface area (Å²) in [6.45, 7) is 2.04. The highest BCUT2D eigenvalue weighted by molar-refractivity contribution is 5.81. The van der Waals surface area contributed by atoms with Crippen molar-refractivity contribution in [2.45, 2.75) is 0 Å². The van der Waals surface area contributed by atoms with Gasteiger partial charge in [0.05, 0.1) is 16.6 Å². The Morgan fingerprint density at radius 2 is 1.85 bits per heavy atom. The van der Waals surface area contributed by atoms with Crippen LogP contribution < -0.4 is 4.90 Å². The lowest BCUT2D eigenvalue weighted by atomic mass is 10.1. The molecule has 1 amide bonds. The van der Waals surface area contributed by atoms with Crippen LogP contribution in [-0.2, 0) is 7.05 Å². The van der Waals surface area contributed by atoms with E-state index in [1.165, 1.54) is 11.0 Å². The molecule has 7 heteroatoms. The molecule has 0 spiro atoms. The van der Waals surface area contributed by atoms with Gasteiger partial charge in [-0.15, -0.1) is 0 Å². The van der Waals surface area contributed by atoms with Crippen LogP contribution in [0.4, 0.5) is 14.9 Å². The van der Waals surface area contributed by atoms with Gasteiger partial charge in [0.15, 0.2) is 0 Å². The zero-order valence-corrected chi connectivity index (χ0v) is 14.4. The number of fused-ring (bicyclic) bond motifs is 1. The maximum absolute atomic E-state index is 14.5. The fraction of sp³-hybridized carbons (Fsp3) is 0.263. The Hall–Kier alpha value is -3.09. The molecule has 6 nitrogen and oxygen atoms in total. The van der Waals surface area contributed by atoms with E-state index < -0.39 is 6.09 Å². The van der Waals surface area contributed by atoms with Crippen LogP contribution in [0.1, 0.15) is 0 Å². The van der Waals surface area contributed by atoms with E-state index in [0.29, 0.717) is 37.6 Å². The Labute approximate surface area is 150 Å². The fourth-order valence-corrected chi connectivity index (χ4v) is 3.42. The third-order valence-corrected chi connectivity index (χ3v) is 4.89. The predicted octanol–water partition coefficient (Wildman–Crippen LogP) is 3.18. The van der Waals surface area contributed by atoms with E-state index in [2.05, 4.69) is 9.88 Å². The summed E-state index contributed by atoms with van der Waals surface area (Å²) in [4.78, 5) is 19.1. The highest BCUT2D eigenvalue weighted by Crippen LogP contribution is 2.30. The second-order valence-corrected chi connectivity index (χ2v) is 6.40. The second kappa shape index (κ2) is 6.33. The summed E-state index contributed by atoms with van der Waals surface area (Å²) in [6, 6.07) is 12.7. The average Bonchev–Trinajstić information content (AvgIpc) is 2.99. The summed E-state index contributed by atoms with van der Waals surface area (Å²) in [6.07, 6.45) is -0.899. The van der Waals surface area contributed by atoms with Gasteiger partial charge in [-0.25, -0.2) is 14.2 Å². The number of anilines is 1. The molecule has 0 radical (unpaired) electrons. The van der Waals surface area contributed by atoms with Gasteiger partial charge in [0.2, 0.25) is 0 Å². The molecule has 4 rings (SSSR count). The fourth-order valence-electron chi connectivity index (χ4n) is 3.42. The number of rotatable bonds is 2. The Morgan fingerprint density at radius 1 is 1.12 bits per heavy atom. The molecule has 1 aliphatic heterocycles. The van der Waals surface area contributed by atoms with Gasteiger partial charge in [0, 0.05) is 38.9 Å². The van der Waals surface area contributed by atoms with E-state index in [1.54, 1.807) is 12.1 Å². The summed E-state index contributed by atoms with van der Waals surface area (Å²) in [7, 11) is 1.88. The van der Waals surface area contributed by atoms with Gasteiger partial charge in [0.1, 0.15) is 11.6 Å². The van der Waals surface area contributed by atoms with Gasteiger partial charge in [-0.3, -0.25) is 0 Å². The number of carboxylic acid groups (broad SMARTS) is 1. The molecule has 0 bridgehead atoms. The number of hydrogen-bond donors (Lipinski definition) is 1. The molecule has 0 atom stereocenters. The zero-order valence-electron chi connectivity index (χ0n) is 14.4. The van der Waals surface area contributed by atoms with Crippen molar-refractivity contribution in [2.24, 2.45) is 7.05 Å². The minimum atomic E-state index is -0.899. The lowest BCUT2D eigenvalue weighted by Gasteiger charge is -2.34. The Bertz CT molecular complexity index is 977. The number of imidazole rings is 1. The minimum Gasteiger partial charge on any atom is -0.465 e. The first-order chi connectivity index (χ1) is 12.5. The molecule has 2 aromatic carbocycles. The molecule has 0 saturated carbocycles. The van der Waals surface area contributed by atoms with Gasteiger partial charge in [-0.1, -0.05) is 12.1 Å². The molecule has 2 heterocycles. The summed E-state index contributed by atoms with van der Waals surface area (Å²) in [5, 5.41) is 9.07. The number of carbonyl (C=O) groups is 1. The number of halogens is 1. The third-order valence-electron chi connectivity index (χ3n) is 4.89.